The molecule has 3 rings (SSSR count). The molecule has 1 fully saturated rings. The summed E-state index contributed by atoms with van der Waals surface area (Å²) >= 11 is 0. The van der Waals surface area contributed by atoms with Crippen LogP contribution in [0.1, 0.15) is 16.8 Å². The van der Waals surface area contributed by atoms with Crippen molar-refractivity contribution in [3.05, 3.63) is 46.4 Å². The first-order valence-corrected chi connectivity index (χ1v) is 8.29. The lowest BCUT2D eigenvalue weighted by atomic mass is 10.1. The van der Waals surface area contributed by atoms with Crippen LogP contribution in [0.2, 0.25) is 0 Å². The Labute approximate surface area is 124 Å². The maximum atomic E-state index is 12.5. The van der Waals surface area contributed by atoms with Crippen molar-refractivity contribution in [2.45, 2.75) is 12.5 Å². The summed E-state index contributed by atoms with van der Waals surface area (Å²) in [5.41, 5.74) is 0.356. The van der Waals surface area contributed by atoms with Crippen LogP contribution in [-0.4, -0.2) is 32.2 Å². The van der Waals surface area contributed by atoms with Gasteiger partial charge in [0.15, 0.2) is 0 Å². The first-order chi connectivity index (χ1) is 10.1. The zero-order valence-corrected chi connectivity index (χ0v) is 12.5. The van der Waals surface area contributed by atoms with Gasteiger partial charge in [0, 0.05) is 52.4 Å². The molecule has 0 aliphatic carbocycles. The molecule has 0 spiro atoms. The fraction of sp³-hybridized carbons (Fsp3) is 0.333. The molecule has 1 saturated heterocycles. The normalized spacial score (nSPS) is 21.6. The number of pyridine rings is 1. The largest absolute Gasteiger partial charge is 0.348 e. The van der Waals surface area contributed by atoms with Crippen LogP contribution >= 0.6 is 0 Å². The molecule has 1 aromatic carbocycles. The van der Waals surface area contributed by atoms with Gasteiger partial charge < -0.3 is 9.88 Å². The van der Waals surface area contributed by atoms with E-state index in [1.165, 1.54) is 4.57 Å². The molecule has 0 radical (unpaired) electrons. The van der Waals surface area contributed by atoms with E-state index >= 15 is 0 Å². The van der Waals surface area contributed by atoms with Gasteiger partial charge in [-0.1, -0.05) is 18.2 Å². The Morgan fingerprint density at radius 1 is 1.33 bits per heavy atom. The van der Waals surface area contributed by atoms with Gasteiger partial charge in [0.05, 0.1) is 5.56 Å². The van der Waals surface area contributed by atoms with Crippen molar-refractivity contribution in [1.82, 2.24) is 9.88 Å². The Bertz CT molecular complexity index is 797. The fourth-order valence-electron chi connectivity index (χ4n) is 2.64. The summed E-state index contributed by atoms with van der Waals surface area (Å²) in [6.07, 6.45) is 2.30. The maximum Gasteiger partial charge on any atom is 0.258 e. The van der Waals surface area contributed by atoms with E-state index < -0.39 is 10.8 Å². The van der Waals surface area contributed by atoms with Crippen LogP contribution in [0.3, 0.4) is 0 Å². The maximum absolute atomic E-state index is 12.5. The summed E-state index contributed by atoms with van der Waals surface area (Å²) < 4.78 is 12.8. The standard InChI is InChI=1S/C15H16N2O3S/c1-17-8-13(11-4-2-3-5-12(11)15(17)19)14(18)16-10-6-7-21(20)9-10/h2-5,8,10H,6-7,9H2,1H3,(H,16,18). The highest BCUT2D eigenvalue weighted by atomic mass is 32.2. The van der Waals surface area contributed by atoms with Crippen LogP contribution in [0.5, 0.6) is 0 Å². The fourth-order valence-corrected chi connectivity index (χ4v) is 4.05. The van der Waals surface area contributed by atoms with E-state index in [9.17, 15) is 13.8 Å². The molecule has 0 bridgehead atoms. The van der Waals surface area contributed by atoms with Crippen molar-refractivity contribution < 1.29 is 9.00 Å². The van der Waals surface area contributed by atoms with Crippen LogP contribution in [0.25, 0.3) is 10.8 Å². The average Bonchev–Trinajstić information content (AvgIpc) is 2.88. The summed E-state index contributed by atoms with van der Waals surface area (Å²) in [7, 11) is 0.804. The van der Waals surface area contributed by atoms with Crippen molar-refractivity contribution >= 4 is 27.5 Å². The smallest absolute Gasteiger partial charge is 0.258 e. The van der Waals surface area contributed by atoms with Crippen LogP contribution in [-0.2, 0) is 17.8 Å². The van der Waals surface area contributed by atoms with Gasteiger partial charge in [-0.15, -0.1) is 0 Å². The van der Waals surface area contributed by atoms with Crippen LogP contribution in [0, 0.1) is 0 Å². The lowest BCUT2D eigenvalue weighted by molar-refractivity contribution is 0.0942. The highest BCUT2D eigenvalue weighted by Crippen LogP contribution is 2.16. The third kappa shape index (κ3) is 2.63. The molecule has 1 aliphatic rings. The van der Waals surface area contributed by atoms with Gasteiger partial charge in [-0.05, 0) is 12.5 Å². The lowest BCUT2D eigenvalue weighted by Crippen LogP contribution is -2.36. The zero-order valence-electron chi connectivity index (χ0n) is 11.7. The van der Waals surface area contributed by atoms with Gasteiger partial charge in [-0.25, -0.2) is 0 Å². The van der Waals surface area contributed by atoms with Crippen LogP contribution in [0.15, 0.2) is 35.3 Å². The number of carbonyl (C=O) groups excluding carboxylic acids is 1. The number of nitrogens with zero attached hydrogens (tertiary/aromatic N) is 1. The van der Waals surface area contributed by atoms with Crippen LogP contribution < -0.4 is 10.9 Å². The molecule has 2 unspecified atom stereocenters. The molecule has 110 valence electrons. The van der Waals surface area contributed by atoms with Gasteiger partial charge in [0.1, 0.15) is 0 Å². The predicted octanol–water partition coefficient (Wildman–Crippen LogP) is 0.789. The van der Waals surface area contributed by atoms with Gasteiger partial charge in [0.25, 0.3) is 11.5 Å². The Balaban J connectivity index is 2.00. The second-order valence-electron chi connectivity index (χ2n) is 5.27. The molecular weight excluding hydrogens is 288 g/mol. The van der Waals surface area contributed by atoms with Crippen molar-refractivity contribution in [2.75, 3.05) is 11.5 Å². The highest BCUT2D eigenvalue weighted by Gasteiger charge is 2.24. The number of hydrogen-bond acceptors (Lipinski definition) is 3. The number of benzene rings is 1. The molecule has 6 heteroatoms. The summed E-state index contributed by atoms with van der Waals surface area (Å²) in [6, 6.07) is 7.04. The molecule has 1 amide bonds. The van der Waals surface area contributed by atoms with Gasteiger partial charge in [0.2, 0.25) is 0 Å². The van der Waals surface area contributed by atoms with Crippen molar-refractivity contribution in [3.8, 4) is 0 Å². The number of carbonyl (C=O) groups is 1. The molecule has 0 saturated carbocycles. The van der Waals surface area contributed by atoms with E-state index in [-0.39, 0.29) is 17.5 Å². The number of hydrogen-bond donors (Lipinski definition) is 1. The number of fused-ring (bicyclic) bond motifs is 1. The molecule has 5 nitrogen and oxygen atoms in total. The molecule has 2 heterocycles. The molecular formula is C15H16N2O3S. The molecule has 21 heavy (non-hydrogen) atoms. The Kier molecular flexibility index (Phi) is 3.63. The van der Waals surface area contributed by atoms with E-state index in [0.29, 0.717) is 27.8 Å². The SMILES string of the molecule is Cn1cc(C(=O)NC2CCS(=O)C2)c2ccccc2c1=O. The van der Waals surface area contributed by atoms with Crippen molar-refractivity contribution in [2.24, 2.45) is 7.05 Å². The molecule has 1 N–H and O–H groups in total. The van der Waals surface area contributed by atoms with Gasteiger partial charge in [-0.2, -0.15) is 0 Å². The molecule has 1 aliphatic heterocycles. The monoisotopic (exact) mass is 304 g/mol. The second-order valence-corrected chi connectivity index (χ2v) is 6.90. The summed E-state index contributed by atoms with van der Waals surface area (Å²) in [4.78, 5) is 24.5. The van der Waals surface area contributed by atoms with E-state index in [4.69, 9.17) is 0 Å². The molecule has 1 aromatic heterocycles. The lowest BCUT2D eigenvalue weighted by Gasteiger charge is -2.13. The molecule has 2 atom stereocenters. The number of aryl methyl sites for hydroxylation is 1. The van der Waals surface area contributed by atoms with E-state index in [0.717, 1.165) is 6.42 Å². The minimum atomic E-state index is -0.831. The Hall–Kier alpha value is -1.95. The second kappa shape index (κ2) is 5.44. The quantitative estimate of drug-likeness (QED) is 0.892. The van der Waals surface area contributed by atoms with E-state index in [2.05, 4.69) is 5.32 Å². The Morgan fingerprint density at radius 2 is 2.05 bits per heavy atom. The first kappa shape index (κ1) is 14.0. The van der Waals surface area contributed by atoms with E-state index in [1.807, 2.05) is 6.07 Å². The Morgan fingerprint density at radius 3 is 2.71 bits per heavy atom. The minimum Gasteiger partial charge on any atom is -0.348 e. The van der Waals surface area contributed by atoms with Crippen molar-refractivity contribution in [3.63, 3.8) is 0 Å². The number of rotatable bonds is 2. The summed E-state index contributed by atoms with van der Waals surface area (Å²) in [5.74, 6) is 0.930. The van der Waals surface area contributed by atoms with Gasteiger partial charge in [-0.3, -0.25) is 13.8 Å². The van der Waals surface area contributed by atoms with E-state index in [1.54, 1.807) is 31.4 Å². The van der Waals surface area contributed by atoms with Crippen molar-refractivity contribution in [1.29, 1.82) is 0 Å². The third-order valence-corrected chi connectivity index (χ3v) is 5.22. The topological polar surface area (TPSA) is 68.2 Å². The summed E-state index contributed by atoms with van der Waals surface area (Å²) in [5, 5.41) is 4.10. The minimum absolute atomic E-state index is 0.0469. The van der Waals surface area contributed by atoms with Gasteiger partial charge >= 0.3 is 0 Å². The number of amides is 1. The highest BCUT2D eigenvalue weighted by molar-refractivity contribution is 7.85. The van der Waals surface area contributed by atoms with Crippen LogP contribution in [0.4, 0.5) is 0 Å². The summed E-state index contributed by atoms with van der Waals surface area (Å²) in [6.45, 7) is 0. The number of aromatic nitrogens is 1. The number of nitrogens with one attached hydrogen (secondary N) is 1. The average molecular weight is 304 g/mol. The molecule has 2 aromatic rings. The zero-order chi connectivity index (χ0) is 15.0. The third-order valence-electron chi connectivity index (χ3n) is 3.75. The predicted molar refractivity (Wildman–Crippen MR) is 82.9 cm³/mol. The first-order valence-electron chi connectivity index (χ1n) is 6.80.